The quantitative estimate of drug-likeness (QED) is 0.561. The molecule has 0 aliphatic heterocycles. The molecule has 0 saturated carbocycles. The first-order valence-electron chi connectivity index (χ1n) is 8.15. The average Bonchev–Trinajstić information content (AvgIpc) is 3.21. The Morgan fingerprint density at radius 3 is 2.46 bits per heavy atom. The first-order chi connectivity index (χ1) is 13.4. The highest BCUT2D eigenvalue weighted by molar-refractivity contribution is 7.90. The summed E-state index contributed by atoms with van der Waals surface area (Å²) in [5.41, 5.74) is 1.01. The molecule has 10 heteroatoms. The number of carbonyl (C=O) groups excluding carboxylic acids is 1. The number of hydrogen-bond donors (Lipinski definition) is 1. The van der Waals surface area contributed by atoms with Gasteiger partial charge in [0.2, 0.25) is 5.82 Å². The second-order valence-corrected chi connectivity index (χ2v) is 7.99. The number of nitrogens with zero attached hydrogens (tertiary/aromatic N) is 5. The van der Waals surface area contributed by atoms with Crippen LogP contribution in [0.4, 0.5) is 5.69 Å². The molecule has 9 nitrogen and oxygen atoms in total. The SMILES string of the molecule is CS(=O)(=O)c1ccc(NC(=O)c2nc(-n3cncn3)c3ccccc3n2)cc1. The van der Waals surface area contributed by atoms with Crippen molar-refractivity contribution in [2.75, 3.05) is 11.6 Å². The molecule has 140 valence electrons. The van der Waals surface area contributed by atoms with Gasteiger partial charge in [-0.05, 0) is 36.4 Å². The van der Waals surface area contributed by atoms with Crippen LogP contribution in [-0.2, 0) is 9.84 Å². The summed E-state index contributed by atoms with van der Waals surface area (Å²) in [4.78, 5) is 25.4. The van der Waals surface area contributed by atoms with Crippen molar-refractivity contribution in [3.05, 3.63) is 67.0 Å². The van der Waals surface area contributed by atoms with E-state index in [1.54, 1.807) is 6.07 Å². The first-order valence-corrected chi connectivity index (χ1v) is 10.0. The van der Waals surface area contributed by atoms with Crippen LogP contribution in [0.25, 0.3) is 16.7 Å². The van der Waals surface area contributed by atoms with Gasteiger partial charge in [0.1, 0.15) is 12.7 Å². The summed E-state index contributed by atoms with van der Waals surface area (Å²) in [6.45, 7) is 0. The third-order valence-electron chi connectivity index (χ3n) is 3.96. The molecule has 0 aliphatic rings. The molecule has 0 aliphatic carbocycles. The Morgan fingerprint density at radius 1 is 1.04 bits per heavy atom. The van der Waals surface area contributed by atoms with Crippen molar-refractivity contribution >= 4 is 32.3 Å². The topological polar surface area (TPSA) is 120 Å². The zero-order valence-corrected chi connectivity index (χ0v) is 15.5. The van der Waals surface area contributed by atoms with E-state index in [9.17, 15) is 13.2 Å². The minimum atomic E-state index is -3.31. The van der Waals surface area contributed by atoms with Crippen LogP contribution < -0.4 is 5.32 Å². The molecule has 0 spiro atoms. The number of benzene rings is 2. The number of hydrogen-bond acceptors (Lipinski definition) is 7. The van der Waals surface area contributed by atoms with Crippen LogP contribution in [0.3, 0.4) is 0 Å². The highest BCUT2D eigenvalue weighted by Crippen LogP contribution is 2.19. The van der Waals surface area contributed by atoms with Crippen molar-refractivity contribution < 1.29 is 13.2 Å². The number of carbonyl (C=O) groups is 1. The number of anilines is 1. The fraction of sp³-hybridized carbons (Fsp3) is 0.0556. The normalized spacial score (nSPS) is 11.5. The standard InChI is InChI=1S/C18H14N6O3S/c1-28(26,27)13-8-6-12(7-9-13)21-18(25)16-22-15-5-3-2-4-14(15)17(23-16)24-11-19-10-20-24/h2-11H,1H3,(H,21,25). The lowest BCUT2D eigenvalue weighted by Crippen LogP contribution is -2.17. The molecule has 0 radical (unpaired) electrons. The van der Waals surface area contributed by atoms with Gasteiger partial charge in [-0.15, -0.1) is 0 Å². The summed E-state index contributed by atoms with van der Waals surface area (Å²) in [5.74, 6) is -0.142. The molecule has 4 aromatic rings. The number of fused-ring (bicyclic) bond motifs is 1. The molecule has 0 saturated heterocycles. The maximum atomic E-state index is 12.7. The number of aromatic nitrogens is 5. The van der Waals surface area contributed by atoms with Crippen LogP contribution in [0, 0.1) is 0 Å². The minimum absolute atomic E-state index is 0.0450. The molecule has 1 amide bonds. The van der Waals surface area contributed by atoms with Crippen molar-refractivity contribution in [3.8, 4) is 5.82 Å². The summed E-state index contributed by atoms with van der Waals surface area (Å²) in [7, 11) is -3.31. The Balaban J connectivity index is 1.70. The van der Waals surface area contributed by atoms with E-state index in [4.69, 9.17) is 0 Å². The van der Waals surface area contributed by atoms with Gasteiger partial charge in [0.15, 0.2) is 15.7 Å². The average molecular weight is 394 g/mol. The van der Waals surface area contributed by atoms with Gasteiger partial charge in [0.25, 0.3) is 5.91 Å². The summed E-state index contributed by atoms with van der Waals surface area (Å²) < 4.78 is 24.5. The maximum Gasteiger partial charge on any atom is 0.293 e. The van der Waals surface area contributed by atoms with E-state index >= 15 is 0 Å². The summed E-state index contributed by atoms with van der Waals surface area (Å²) in [6.07, 6.45) is 3.98. The van der Waals surface area contributed by atoms with Crippen LogP contribution in [0.15, 0.2) is 66.1 Å². The van der Waals surface area contributed by atoms with E-state index < -0.39 is 15.7 Å². The molecule has 2 aromatic carbocycles. The molecule has 4 rings (SSSR count). The zero-order chi connectivity index (χ0) is 19.7. The Kier molecular flexibility index (Phi) is 4.32. The third kappa shape index (κ3) is 3.45. The van der Waals surface area contributed by atoms with E-state index in [1.807, 2.05) is 18.2 Å². The number of rotatable bonds is 4. The second kappa shape index (κ2) is 6.82. The molecule has 0 atom stereocenters. The molecule has 0 unspecified atom stereocenters. The Labute approximate surface area is 160 Å². The Bertz CT molecular complexity index is 1270. The zero-order valence-electron chi connectivity index (χ0n) is 14.6. The Morgan fingerprint density at radius 2 is 1.79 bits per heavy atom. The van der Waals surface area contributed by atoms with Crippen molar-refractivity contribution in [2.24, 2.45) is 0 Å². The van der Waals surface area contributed by atoms with Crippen molar-refractivity contribution in [3.63, 3.8) is 0 Å². The lowest BCUT2D eigenvalue weighted by atomic mass is 10.2. The van der Waals surface area contributed by atoms with Gasteiger partial charge in [-0.1, -0.05) is 12.1 Å². The minimum Gasteiger partial charge on any atom is -0.319 e. The Hall–Kier alpha value is -3.66. The predicted molar refractivity (Wildman–Crippen MR) is 102 cm³/mol. The largest absolute Gasteiger partial charge is 0.319 e. The number of sulfone groups is 1. The van der Waals surface area contributed by atoms with Crippen LogP contribution >= 0.6 is 0 Å². The molecule has 2 heterocycles. The number of amides is 1. The van der Waals surface area contributed by atoms with Gasteiger partial charge in [-0.3, -0.25) is 4.79 Å². The van der Waals surface area contributed by atoms with Crippen LogP contribution in [0.5, 0.6) is 0 Å². The number of para-hydroxylation sites is 1. The predicted octanol–water partition coefficient (Wildman–Crippen LogP) is 1.87. The van der Waals surface area contributed by atoms with Gasteiger partial charge >= 0.3 is 0 Å². The third-order valence-corrected chi connectivity index (χ3v) is 5.09. The summed E-state index contributed by atoms with van der Waals surface area (Å²) in [5, 5.41) is 7.47. The first kappa shape index (κ1) is 17.7. The van der Waals surface area contributed by atoms with E-state index in [-0.39, 0.29) is 10.7 Å². The molecular weight excluding hydrogens is 380 g/mol. The lowest BCUT2D eigenvalue weighted by molar-refractivity contribution is 0.101. The summed E-state index contributed by atoms with van der Waals surface area (Å²) >= 11 is 0. The maximum absolute atomic E-state index is 12.7. The molecular formula is C18H14N6O3S. The van der Waals surface area contributed by atoms with Gasteiger partial charge in [0.05, 0.1) is 10.4 Å². The van der Waals surface area contributed by atoms with Crippen molar-refractivity contribution in [1.29, 1.82) is 0 Å². The highest BCUT2D eigenvalue weighted by Gasteiger charge is 2.16. The highest BCUT2D eigenvalue weighted by atomic mass is 32.2. The monoisotopic (exact) mass is 394 g/mol. The molecule has 0 bridgehead atoms. The van der Waals surface area contributed by atoms with Gasteiger partial charge in [-0.25, -0.2) is 28.1 Å². The van der Waals surface area contributed by atoms with E-state index in [1.165, 1.54) is 41.6 Å². The fourth-order valence-electron chi connectivity index (χ4n) is 2.63. The smallest absolute Gasteiger partial charge is 0.293 e. The number of nitrogens with one attached hydrogen (secondary N) is 1. The van der Waals surface area contributed by atoms with Crippen LogP contribution in [0.2, 0.25) is 0 Å². The van der Waals surface area contributed by atoms with E-state index in [2.05, 4.69) is 25.4 Å². The van der Waals surface area contributed by atoms with E-state index in [0.29, 0.717) is 17.0 Å². The molecule has 0 fully saturated rings. The van der Waals surface area contributed by atoms with Crippen LogP contribution in [-0.4, -0.2) is 45.3 Å². The van der Waals surface area contributed by atoms with Crippen molar-refractivity contribution in [2.45, 2.75) is 4.90 Å². The molecule has 1 N–H and O–H groups in total. The van der Waals surface area contributed by atoms with Gasteiger partial charge < -0.3 is 5.32 Å². The summed E-state index contributed by atoms with van der Waals surface area (Å²) in [6, 6.07) is 13.1. The molecule has 28 heavy (non-hydrogen) atoms. The second-order valence-electron chi connectivity index (χ2n) is 5.98. The lowest BCUT2D eigenvalue weighted by Gasteiger charge is -2.09. The van der Waals surface area contributed by atoms with Gasteiger partial charge in [-0.2, -0.15) is 5.10 Å². The van der Waals surface area contributed by atoms with E-state index in [0.717, 1.165) is 11.6 Å². The van der Waals surface area contributed by atoms with Crippen LogP contribution in [0.1, 0.15) is 10.6 Å². The van der Waals surface area contributed by atoms with Crippen molar-refractivity contribution in [1.82, 2.24) is 24.7 Å². The van der Waals surface area contributed by atoms with Gasteiger partial charge in [0, 0.05) is 17.3 Å². The molecule has 2 aromatic heterocycles. The fourth-order valence-corrected chi connectivity index (χ4v) is 3.26.